The normalized spacial score (nSPS) is 44.6. The summed E-state index contributed by atoms with van der Waals surface area (Å²) in [5.41, 5.74) is -2.60. The maximum absolute atomic E-state index is 13.1. The summed E-state index contributed by atoms with van der Waals surface area (Å²) < 4.78 is 22.6. The van der Waals surface area contributed by atoms with Crippen LogP contribution in [0.5, 0.6) is 0 Å². The highest BCUT2D eigenvalue weighted by molar-refractivity contribution is 5.99. The molecule has 8 nitrogen and oxygen atoms in total. The summed E-state index contributed by atoms with van der Waals surface area (Å²) in [4.78, 5) is 49.0. The molecule has 3 fully saturated rings. The standard InChI is InChI=1S/C19H22O8/c1-9-5-13-18(6-12(9)22,7-24-10(2)20)17(4)15(26-11(3)21)14(23)16(27-13)19(17)8-25-19/h5,13,15-16H,6-8H2,1-4H3/t13-,15?,16-,17-,18-,19+/m1/s1. The molecule has 2 aliphatic heterocycles. The lowest BCUT2D eigenvalue weighted by molar-refractivity contribution is -0.231. The van der Waals surface area contributed by atoms with Crippen molar-refractivity contribution in [3.05, 3.63) is 11.6 Å². The molecule has 1 saturated carbocycles. The van der Waals surface area contributed by atoms with Gasteiger partial charge in [-0.15, -0.1) is 0 Å². The summed E-state index contributed by atoms with van der Waals surface area (Å²) in [6, 6.07) is 0. The van der Waals surface area contributed by atoms with Crippen LogP contribution in [0.1, 0.15) is 34.1 Å². The number of ether oxygens (including phenoxy) is 4. The Morgan fingerprint density at radius 1 is 1.26 bits per heavy atom. The fourth-order valence-corrected chi connectivity index (χ4v) is 5.19. The van der Waals surface area contributed by atoms with Crippen molar-refractivity contribution in [2.45, 2.75) is 58.0 Å². The van der Waals surface area contributed by atoms with Crippen LogP contribution in [0.2, 0.25) is 0 Å². The third-order valence-electron chi connectivity index (χ3n) is 6.79. The van der Waals surface area contributed by atoms with Gasteiger partial charge in [-0.25, -0.2) is 0 Å². The van der Waals surface area contributed by atoms with E-state index >= 15 is 0 Å². The molecule has 4 rings (SSSR count). The number of rotatable bonds is 3. The number of carbonyl (C=O) groups is 4. The summed E-state index contributed by atoms with van der Waals surface area (Å²) in [5, 5.41) is 0. The summed E-state index contributed by atoms with van der Waals surface area (Å²) in [5.74, 6) is -1.61. The Balaban J connectivity index is 1.91. The van der Waals surface area contributed by atoms with Crippen LogP contribution in [0.25, 0.3) is 0 Å². The molecular weight excluding hydrogens is 356 g/mol. The first-order valence-electron chi connectivity index (χ1n) is 8.94. The Morgan fingerprint density at radius 2 is 1.93 bits per heavy atom. The predicted octanol–water partition coefficient (Wildman–Crippen LogP) is 0.512. The van der Waals surface area contributed by atoms with Crippen LogP contribution in [0.15, 0.2) is 11.6 Å². The minimum absolute atomic E-state index is 0.00660. The first-order chi connectivity index (χ1) is 12.6. The Hall–Kier alpha value is -2.06. The van der Waals surface area contributed by atoms with Gasteiger partial charge < -0.3 is 18.9 Å². The van der Waals surface area contributed by atoms with E-state index in [1.54, 1.807) is 19.9 Å². The van der Waals surface area contributed by atoms with Crippen molar-refractivity contribution in [2.24, 2.45) is 10.8 Å². The second-order valence-corrected chi connectivity index (χ2v) is 8.10. The van der Waals surface area contributed by atoms with E-state index in [0.29, 0.717) is 5.57 Å². The number of allylic oxidation sites excluding steroid dienone is 1. The van der Waals surface area contributed by atoms with Crippen LogP contribution >= 0.6 is 0 Å². The van der Waals surface area contributed by atoms with E-state index in [0.717, 1.165) is 0 Å². The molecule has 2 heterocycles. The van der Waals surface area contributed by atoms with Gasteiger partial charge in [0.2, 0.25) is 5.78 Å². The van der Waals surface area contributed by atoms with Crippen molar-refractivity contribution in [2.75, 3.05) is 13.2 Å². The van der Waals surface area contributed by atoms with Gasteiger partial charge in [-0.2, -0.15) is 0 Å². The van der Waals surface area contributed by atoms with Gasteiger partial charge in [0.1, 0.15) is 12.2 Å². The van der Waals surface area contributed by atoms with Gasteiger partial charge >= 0.3 is 11.9 Å². The van der Waals surface area contributed by atoms with Crippen molar-refractivity contribution in [1.29, 1.82) is 0 Å². The number of hydrogen-bond donors (Lipinski definition) is 0. The quantitative estimate of drug-likeness (QED) is 0.516. The second-order valence-electron chi connectivity index (χ2n) is 8.10. The average Bonchev–Trinajstić information content (AvgIpc) is 3.36. The second kappa shape index (κ2) is 5.48. The largest absolute Gasteiger partial charge is 0.465 e. The molecule has 0 radical (unpaired) electrons. The van der Waals surface area contributed by atoms with E-state index in [1.165, 1.54) is 13.8 Å². The molecule has 0 N–H and O–H groups in total. The third kappa shape index (κ3) is 2.11. The lowest BCUT2D eigenvalue weighted by Gasteiger charge is -2.57. The number of esters is 2. The number of epoxide rings is 1. The first-order valence-corrected chi connectivity index (χ1v) is 8.94. The van der Waals surface area contributed by atoms with Crippen LogP contribution < -0.4 is 0 Å². The summed E-state index contributed by atoms with van der Waals surface area (Å²) in [7, 11) is 0. The molecule has 1 spiro atoms. The molecule has 2 bridgehead atoms. The summed E-state index contributed by atoms with van der Waals surface area (Å²) >= 11 is 0. The lowest BCUT2D eigenvalue weighted by atomic mass is 9.51. The van der Waals surface area contributed by atoms with Crippen molar-refractivity contribution >= 4 is 23.5 Å². The van der Waals surface area contributed by atoms with Crippen LogP contribution in [0, 0.1) is 10.8 Å². The smallest absolute Gasteiger partial charge is 0.303 e. The van der Waals surface area contributed by atoms with Gasteiger partial charge in [0, 0.05) is 20.3 Å². The Bertz CT molecular complexity index is 794. The van der Waals surface area contributed by atoms with E-state index < -0.39 is 46.7 Å². The van der Waals surface area contributed by atoms with Crippen LogP contribution in [0.4, 0.5) is 0 Å². The zero-order chi connectivity index (χ0) is 19.8. The predicted molar refractivity (Wildman–Crippen MR) is 88.5 cm³/mol. The van der Waals surface area contributed by atoms with Gasteiger partial charge in [0.05, 0.1) is 23.5 Å². The molecule has 0 amide bonds. The number of hydrogen-bond acceptors (Lipinski definition) is 8. The Kier molecular flexibility index (Phi) is 3.72. The van der Waals surface area contributed by atoms with Crippen LogP contribution in [-0.4, -0.2) is 60.6 Å². The molecule has 8 heteroatoms. The van der Waals surface area contributed by atoms with Gasteiger partial charge in [-0.3, -0.25) is 19.2 Å². The lowest BCUT2D eigenvalue weighted by Crippen LogP contribution is -2.67. The highest BCUT2D eigenvalue weighted by Crippen LogP contribution is 2.70. The molecule has 4 aliphatic rings. The van der Waals surface area contributed by atoms with E-state index in [1.807, 2.05) is 0 Å². The third-order valence-corrected chi connectivity index (χ3v) is 6.79. The average molecular weight is 378 g/mol. The molecule has 0 aromatic heterocycles. The Morgan fingerprint density at radius 3 is 2.48 bits per heavy atom. The molecule has 146 valence electrons. The fraction of sp³-hybridized carbons (Fsp3) is 0.684. The zero-order valence-corrected chi connectivity index (χ0v) is 15.7. The minimum atomic E-state index is -1.14. The van der Waals surface area contributed by atoms with Crippen molar-refractivity contribution in [3.63, 3.8) is 0 Å². The monoisotopic (exact) mass is 378 g/mol. The van der Waals surface area contributed by atoms with Crippen LogP contribution in [-0.2, 0) is 38.1 Å². The molecule has 6 atom stereocenters. The molecule has 0 aromatic rings. The van der Waals surface area contributed by atoms with E-state index in [4.69, 9.17) is 18.9 Å². The Labute approximate surface area is 156 Å². The van der Waals surface area contributed by atoms with Gasteiger partial charge in [0.25, 0.3) is 0 Å². The van der Waals surface area contributed by atoms with E-state index in [2.05, 4.69) is 0 Å². The maximum atomic E-state index is 13.1. The molecular formula is C19H22O8. The topological polar surface area (TPSA) is 109 Å². The van der Waals surface area contributed by atoms with E-state index in [-0.39, 0.29) is 31.2 Å². The van der Waals surface area contributed by atoms with Gasteiger partial charge in [-0.1, -0.05) is 6.92 Å². The number of fused-ring (bicyclic) bond motifs is 2. The minimum Gasteiger partial charge on any atom is -0.465 e. The highest BCUT2D eigenvalue weighted by atomic mass is 16.6. The number of carbonyl (C=O) groups excluding carboxylic acids is 4. The van der Waals surface area contributed by atoms with Gasteiger partial charge in [-0.05, 0) is 18.6 Å². The SMILES string of the molecule is CC(=O)OC[C@]12CC(=O)C(C)=C[C@H]1O[C@@H]1C(=O)C(OC(C)=O)[C@@]2(C)[C@]12CO2. The molecule has 2 saturated heterocycles. The summed E-state index contributed by atoms with van der Waals surface area (Å²) in [6.45, 7) is 6.10. The summed E-state index contributed by atoms with van der Waals surface area (Å²) in [6.07, 6.45) is -0.975. The van der Waals surface area contributed by atoms with E-state index in [9.17, 15) is 19.2 Å². The highest BCUT2D eigenvalue weighted by Gasteiger charge is 2.86. The number of Topliss-reactive ketones (excluding diaryl/α,β-unsaturated/α-hetero) is 2. The number of ketones is 2. The first kappa shape index (κ1) is 18.3. The zero-order valence-electron chi connectivity index (χ0n) is 15.7. The molecule has 1 unspecified atom stereocenters. The van der Waals surface area contributed by atoms with Gasteiger partial charge in [0.15, 0.2) is 18.0 Å². The van der Waals surface area contributed by atoms with Crippen LogP contribution in [0.3, 0.4) is 0 Å². The van der Waals surface area contributed by atoms with Crippen molar-refractivity contribution < 1.29 is 38.1 Å². The fourth-order valence-electron chi connectivity index (χ4n) is 5.19. The molecule has 2 aliphatic carbocycles. The molecule has 0 aromatic carbocycles. The maximum Gasteiger partial charge on any atom is 0.303 e. The van der Waals surface area contributed by atoms with Crippen molar-refractivity contribution in [3.8, 4) is 0 Å². The van der Waals surface area contributed by atoms with Crippen molar-refractivity contribution in [1.82, 2.24) is 0 Å². The molecule has 27 heavy (non-hydrogen) atoms.